The molecule has 1 amide bonds. The number of hydrogen-bond donors (Lipinski definition) is 2. The molecule has 76 valence electrons. The molecule has 1 aromatic carbocycles. The van der Waals surface area contributed by atoms with Crippen molar-refractivity contribution in [2.75, 3.05) is 6.54 Å². The zero-order valence-corrected chi connectivity index (χ0v) is 8.36. The maximum Gasteiger partial charge on any atom is 0.225 e. The van der Waals surface area contributed by atoms with Gasteiger partial charge in [0.15, 0.2) is 0 Å². The van der Waals surface area contributed by atoms with Crippen molar-refractivity contribution < 1.29 is 4.79 Å². The van der Waals surface area contributed by atoms with Crippen LogP contribution in [0.3, 0.4) is 0 Å². The van der Waals surface area contributed by atoms with Gasteiger partial charge in [0.1, 0.15) is 0 Å². The van der Waals surface area contributed by atoms with Crippen LogP contribution in [0.4, 0.5) is 0 Å². The summed E-state index contributed by atoms with van der Waals surface area (Å²) in [6, 6.07) is 7.81. The molecule has 0 aromatic heterocycles. The van der Waals surface area contributed by atoms with Gasteiger partial charge >= 0.3 is 0 Å². The van der Waals surface area contributed by atoms with Crippen LogP contribution in [-0.4, -0.2) is 12.5 Å². The van der Waals surface area contributed by atoms with Crippen molar-refractivity contribution >= 4 is 5.91 Å². The average molecular weight is 192 g/mol. The highest BCUT2D eigenvalue weighted by Crippen LogP contribution is 2.19. The van der Waals surface area contributed by atoms with Crippen LogP contribution in [0.1, 0.15) is 23.5 Å². The normalized spacial score (nSPS) is 12.4. The van der Waals surface area contributed by atoms with E-state index >= 15 is 0 Å². The third kappa shape index (κ3) is 2.57. The Balaban J connectivity index is 2.93. The molecule has 0 heterocycles. The van der Waals surface area contributed by atoms with Crippen LogP contribution in [-0.2, 0) is 4.79 Å². The van der Waals surface area contributed by atoms with Gasteiger partial charge in [-0.3, -0.25) is 4.79 Å². The molecule has 0 aliphatic rings. The lowest BCUT2D eigenvalue weighted by Gasteiger charge is -2.12. The smallest absolute Gasteiger partial charge is 0.225 e. The summed E-state index contributed by atoms with van der Waals surface area (Å²) in [5, 5.41) is 0. The van der Waals surface area contributed by atoms with E-state index in [-0.39, 0.29) is 11.8 Å². The minimum atomic E-state index is -0.305. The first-order valence-electron chi connectivity index (χ1n) is 4.71. The lowest BCUT2D eigenvalue weighted by atomic mass is 9.94. The van der Waals surface area contributed by atoms with E-state index in [0.717, 1.165) is 11.1 Å². The number of carbonyl (C=O) groups excluding carboxylic acids is 1. The van der Waals surface area contributed by atoms with Crippen molar-refractivity contribution in [3.05, 3.63) is 35.4 Å². The molecule has 3 heteroatoms. The first-order valence-corrected chi connectivity index (χ1v) is 4.71. The quantitative estimate of drug-likeness (QED) is 0.744. The molecule has 0 bridgehead atoms. The fraction of sp³-hybridized carbons (Fsp3) is 0.364. The largest absolute Gasteiger partial charge is 0.369 e. The molecule has 1 aromatic rings. The molecule has 0 saturated heterocycles. The van der Waals surface area contributed by atoms with Crippen molar-refractivity contribution in [1.29, 1.82) is 0 Å². The second kappa shape index (κ2) is 4.77. The SMILES string of the molecule is Cc1cccc(C(CCN)C(N)=O)c1. The van der Waals surface area contributed by atoms with E-state index in [0.29, 0.717) is 13.0 Å². The van der Waals surface area contributed by atoms with E-state index in [9.17, 15) is 4.79 Å². The molecule has 0 spiro atoms. The lowest BCUT2D eigenvalue weighted by molar-refractivity contribution is -0.119. The van der Waals surface area contributed by atoms with Gasteiger partial charge in [0.05, 0.1) is 5.92 Å². The summed E-state index contributed by atoms with van der Waals surface area (Å²) in [6.45, 7) is 2.46. The standard InChI is InChI=1S/C11H16N2O/c1-8-3-2-4-9(7-8)10(5-6-12)11(13)14/h2-4,7,10H,5-6,12H2,1H3,(H2,13,14). The lowest BCUT2D eigenvalue weighted by Crippen LogP contribution is -2.23. The van der Waals surface area contributed by atoms with Gasteiger partial charge in [-0.05, 0) is 25.5 Å². The van der Waals surface area contributed by atoms with Crippen molar-refractivity contribution in [2.24, 2.45) is 11.5 Å². The Hall–Kier alpha value is -1.35. The molecular weight excluding hydrogens is 176 g/mol. The summed E-state index contributed by atoms with van der Waals surface area (Å²) < 4.78 is 0. The number of nitrogens with two attached hydrogens (primary N) is 2. The fourth-order valence-corrected chi connectivity index (χ4v) is 1.53. The minimum absolute atomic E-state index is 0.250. The van der Waals surface area contributed by atoms with E-state index in [2.05, 4.69) is 0 Å². The van der Waals surface area contributed by atoms with Gasteiger partial charge in [0.2, 0.25) is 5.91 Å². The van der Waals surface area contributed by atoms with E-state index < -0.39 is 0 Å². The van der Waals surface area contributed by atoms with E-state index in [4.69, 9.17) is 11.5 Å². The monoisotopic (exact) mass is 192 g/mol. The average Bonchev–Trinajstić information content (AvgIpc) is 2.13. The highest BCUT2D eigenvalue weighted by Gasteiger charge is 2.16. The molecule has 14 heavy (non-hydrogen) atoms. The molecule has 3 nitrogen and oxygen atoms in total. The molecule has 1 atom stereocenters. The number of hydrogen-bond acceptors (Lipinski definition) is 2. The molecule has 0 aliphatic carbocycles. The zero-order chi connectivity index (χ0) is 10.6. The Bertz CT molecular complexity index is 323. The maximum absolute atomic E-state index is 11.2. The predicted molar refractivity (Wildman–Crippen MR) is 56.8 cm³/mol. The van der Waals surface area contributed by atoms with Gasteiger partial charge in [-0.25, -0.2) is 0 Å². The first-order chi connectivity index (χ1) is 6.65. The highest BCUT2D eigenvalue weighted by molar-refractivity contribution is 5.81. The fourth-order valence-electron chi connectivity index (χ4n) is 1.53. The van der Waals surface area contributed by atoms with Gasteiger partial charge in [0, 0.05) is 0 Å². The van der Waals surface area contributed by atoms with Crippen LogP contribution in [0, 0.1) is 6.92 Å². The minimum Gasteiger partial charge on any atom is -0.369 e. The summed E-state index contributed by atoms with van der Waals surface area (Å²) in [7, 11) is 0. The third-order valence-electron chi connectivity index (χ3n) is 2.24. The second-order valence-electron chi connectivity index (χ2n) is 3.45. The predicted octanol–water partition coefficient (Wildman–Crippen LogP) is 0.913. The summed E-state index contributed by atoms with van der Waals surface area (Å²) in [6.07, 6.45) is 0.610. The summed E-state index contributed by atoms with van der Waals surface area (Å²) in [5.74, 6) is -0.555. The molecular formula is C11H16N2O. The van der Waals surface area contributed by atoms with E-state index in [1.165, 1.54) is 0 Å². The van der Waals surface area contributed by atoms with Crippen molar-refractivity contribution in [3.63, 3.8) is 0 Å². The summed E-state index contributed by atoms with van der Waals surface area (Å²) in [5.41, 5.74) is 12.8. The number of rotatable bonds is 4. The van der Waals surface area contributed by atoms with Crippen LogP contribution in [0.2, 0.25) is 0 Å². The Morgan fingerprint density at radius 2 is 2.21 bits per heavy atom. The van der Waals surface area contributed by atoms with Gasteiger partial charge < -0.3 is 11.5 Å². The Kier molecular flexibility index (Phi) is 3.65. The van der Waals surface area contributed by atoms with Gasteiger partial charge in [-0.1, -0.05) is 29.8 Å². The molecule has 1 rings (SSSR count). The Morgan fingerprint density at radius 3 is 2.71 bits per heavy atom. The second-order valence-corrected chi connectivity index (χ2v) is 3.45. The third-order valence-corrected chi connectivity index (χ3v) is 2.24. The summed E-state index contributed by atoms with van der Waals surface area (Å²) >= 11 is 0. The van der Waals surface area contributed by atoms with Crippen LogP contribution in [0.15, 0.2) is 24.3 Å². The molecule has 1 unspecified atom stereocenters. The molecule has 0 fully saturated rings. The van der Waals surface area contributed by atoms with Crippen LogP contribution in [0.5, 0.6) is 0 Å². The molecule has 0 saturated carbocycles. The van der Waals surface area contributed by atoms with Crippen LogP contribution in [0.25, 0.3) is 0 Å². The summed E-state index contributed by atoms with van der Waals surface area (Å²) in [4.78, 5) is 11.2. The highest BCUT2D eigenvalue weighted by atomic mass is 16.1. The number of primary amides is 1. The van der Waals surface area contributed by atoms with Crippen molar-refractivity contribution in [1.82, 2.24) is 0 Å². The Labute approximate surface area is 84.1 Å². The topological polar surface area (TPSA) is 69.1 Å². The maximum atomic E-state index is 11.2. The number of aryl methyl sites for hydroxylation is 1. The molecule has 0 radical (unpaired) electrons. The number of benzene rings is 1. The molecule has 0 aliphatic heterocycles. The van der Waals surface area contributed by atoms with Gasteiger partial charge in [-0.2, -0.15) is 0 Å². The van der Waals surface area contributed by atoms with Crippen molar-refractivity contribution in [2.45, 2.75) is 19.3 Å². The Morgan fingerprint density at radius 1 is 1.50 bits per heavy atom. The van der Waals surface area contributed by atoms with E-state index in [1.54, 1.807) is 0 Å². The number of carbonyl (C=O) groups is 1. The van der Waals surface area contributed by atoms with Gasteiger partial charge in [-0.15, -0.1) is 0 Å². The van der Waals surface area contributed by atoms with Crippen molar-refractivity contribution in [3.8, 4) is 0 Å². The zero-order valence-electron chi connectivity index (χ0n) is 8.36. The van der Waals surface area contributed by atoms with Gasteiger partial charge in [0.25, 0.3) is 0 Å². The number of amides is 1. The van der Waals surface area contributed by atoms with E-state index in [1.807, 2.05) is 31.2 Å². The van der Waals surface area contributed by atoms with Crippen LogP contribution >= 0.6 is 0 Å². The molecule has 4 N–H and O–H groups in total. The first kappa shape index (κ1) is 10.7. The van der Waals surface area contributed by atoms with Crippen LogP contribution < -0.4 is 11.5 Å².